The van der Waals surface area contributed by atoms with Gasteiger partial charge >= 0.3 is 18.2 Å². The third-order valence-corrected chi connectivity index (χ3v) is 13.8. The van der Waals surface area contributed by atoms with E-state index in [1.54, 1.807) is 37.3 Å². The van der Waals surface area contributed by atoms with Crippen LogP contribution in [0.4, 0.5) is 15.5 Å². The van der Waals surface area contributed by atoms with Crippen molar-refractivity contribution in [3.05, 3.63) is 54.0 Å². The van der Waals surface area contributed by atoms with Gasteiger partial charge in [0.2, 0.25) is 0 Å². The summed E-state index contributed by atoms with van der Waals surface area (Å²) < 4.78 is 46.5. The molecule has 0 spiro atoms. The van der Waals surface area contributed by atoms with Crippen molar-refractivity contribution in [3.63, 3.8) is 0 Å². The number of aliphatic hydroxyl groups excluding tert-OH is 1. The smallest absolute Gasteiger partial charge is 0.408 e. The largest absolute Gasteiger partial charge is 0.458 e. The van der Waals surface area contributed by atoms with Crippen molar-refractivity contribution in [2.45, 2.75) is 141 Å². The molecule has 68 heavy (non-hydrogen) atoms. The average Bonchev–Trinajstić information content (AvgIpc) is 3.90. The van der Waals surface area contributed by atoms with E-state index in [-0.39, 0.29) is 44.4 Å². The number of fused-ring (bicyclic) bond motifs is 4. The van der Waals surface area contributed by atoms with Gasteiger partial charge in [0.05, 0.1) is 55.4 Å². The Morgan fingerprint density at radius 3 is 2.53 bits per heavy atom. The molecule has 0 aliphatic carbocycles. The van der Waals surface area contributed by atoms with Gasteiger partial charge in [-0.15, -0.1) is 5.10 Å². The Morgan fingerprint density at radius 2 is 1.85 bits per heavy atom. The molecule has 6 heterocycles. The molecule has 4 aliphatic rings. The van der Waals surface area contributed by atoms with Gasteiger partial charge in [0.15, 0.2) is 17.7 Å². The number of aliphatic hydroxyl groups is 1. The number of aromatic nitrogens is 4. The molecule has 2 aromatic heterocycles. The number of cyclic esters (lactones) is 1. The number of rotatable bonds is 11. The Hall–Kier alpha value is -4.99. The maximum Gasteiger partial charge on any atom is 0.408 e. The van der Waals surface area contributed by atoms with Crippen LogP contribution in [0.5, 0.6) is 0 Å². The molecule has 14 atom stereocenters. The van der Waals surface area contributed by atoms with Crippen molar-refractivity contribution in [1.82, 2.24) is 40.2 Å². The summed E-state index contributed by atoms with van der Waals surface area (Å²) in [5, 5.41) is 21.9. The van der Waals surface area contributed by atoms with Crippen LogP contribution in [0.1, 0.15) is 80.2 Å². The van der Waals surface area contributed by atoms with Gasteiger partial charge in [-0.1, -0.05) is 45.9 Å². The third-order valence-electron chi connectivity index (χ3n) is 13.8. The van der Waals surface area contributed by atoms with Crippen molar-refractivity contribution in [2.75, 3.05) is 48.0 Å². The normalized spacial score (nSPS) is 35.7. The first kappa shape index (κ1) is 52.4. The van der Waals surface area contributed by atoms with Gasteiger partial charge in [-0.25, -0.2) is 24.2 Å². The lowest BCUT2D eigenvalue weighted by molar-refractivity contribution is -0.302. The molecule has 6 rings (SSSR count). The van der Waals surface area contributed by atoms with Crippen LogP contribution in [0.15, 0.2) is 53.5 Å². The number of nitrogens with zero attached hydrogens (tertiary/aromatic N) is 7. The molecule has 4 aliphatic heterocycles. The summed E-state index contributed by atoms with van der Waals surface area (Å²) in [5.41, 5.74) is -0.196. The van der Waals surface area contributed by atoms with Crippen molar-refractivity contribution < 1.29 is 52.6 Å². The molecule has 0 aromatic carbocycles. The molecule has 3 N–H and O–H groups in total. The fourth-order valence-corrected chi connectivity index (χ4v) is 10.2. The topological polar surface area (TPSA) is 223 Å². The molecule has 2 amide bonds. The minimum absolute atomic E-state index is 0.117. The highest BCUT2D eigenvalue weighted by atomic mass is 16.7. The van der Waals surface area contributed by atoms with E-state index in [1.165, 1.54) is 11.0 Å². The van der Waals surface area contributed by atoms with Gasteiger partial charge < -0.3 is 58.7 Å². The lowest BCUT2D eigenvalue weighted by atomic mass is 9.71. The van der Waals surface area contributed by atoms with Crippen LogP contribution in [0, 0.1) is 23.7 Å². The standard InChI is InChI=1S/C48H73N9O11/c1-14-36-48(9)40(53-46(61)68-48)30(5)34(17-18-62-45(60)50-22-33-15-16-37(49-21-33)57-26-52-44(54-57)51-25-55(10)11)28(3)20-47(8)41(67-43-38(58)35(56(12)13)19-29(4)65-43)31(6)39(32(7)42(59)66-36)63-23-27(2)24-64-47/h15-17,21,25-26,28-32,35-36,38-41,43,58H,2,14,18-20,22-24H2,1,3-13H3,(H,50,60)(H,53,61)/b34-17+,51-25+/t28-,29-,30+,31+,32-,35+,36-,38-,39?,40?,41-,43?,47-,48-/m1/s1. The number of aliphatic imine (C=N–C) groups is 1. The molecular formula is C48H73N9O11. The van der Waals surface area contributed by atoms with E-state index in [0.29, 0.717) is 36.6 Å². The fraction of sp³-hybridized carbons (Fsp3) is 0.688. The fourth-order valence-electron chi connectivity index (χ4n) is 10.2. The first-order chi connectivity index (χ1) is 32.1. The van der Waals surface area contributed by atoms with E-state index in [9.17, 15) is 19.5 Å². The minimum atomic E-state index is -1.29. The number of hydrogen-bond acceptors (Lipinski definition) is 16. The van der Waals surface area contributed by atoms with Crippen LogP contribution in [-0.4, -0.2) is 167 Å². The molecule has 20 heteroatoms. The van der Waals surface area contributed by atoms with Gasteiger partial charge in [-0.2, -0.15) is 4.98 Å². The van der Waals surface area contributed by atoms with Gasteiger partial charge in [0.1, 0.15) is 25.1 Å². The highest BCUT2D eigenvalue weighted by molar-refractivity contribution is 5.74. The minimum Gasteiger partial charge on any atom is -0.458 e. The molecule has 2 bridgehead atoms. The first-order valence-electron chi connectivity index (χ1n) is 23.6. The zero-order valence-electron chi connectivity index (χ0n) is 41.7. The molecule has 4 saturated heterocycles. The van der Waals surface area contributed by atoms with Gasteiger partial charge in [0, 0.05) is 44.7 Å². The van der Waals surface area contributed by atoms with Crippen LogP contribution in [0.3, 0.4) is 0 Å². The Labute approximate surface area is 400 Å². The summed E-state index contributed by atoms with van der Waals surface area (Å²) in [6.45, 7) is 19.8. The Morgan fingerprint density at radius 1 is 1.10 bits per heavy atom. The van der Waals surface area contributed by atoms with E-state index in [1.807, 2.05) is 79.9 Å². The summed E-state index contributed by atoms with van der Waals surface area (Å²) in [4.78, 5) is 57.5. The molecule has 376 valence electrons. The van der Waals surface area contributed by atoms with E-state index in [4.69, 9.17) is 33.2 Å². The van der Waals surface area contributed by atoms with E-state index in [0.717, 1.165) is 11.1 Å². The average molecular weight is 952 g/mol. The van der Waals surface area contributed by atoms with Gasteiger partial charge in [-0.3, -0.25) is 4.79 Å². The van der Waals surface area contributed by atoms with Crippen molar-refractivity contribution >= 4 is 30.4 Å². The van der Waals surface area contributed by atoms with Crippen LogP contribution >= 0.6 is 0 Å². The van der Waals surface area contributed by atoms with Crippen molar-refractivity contribution in [2.24, 2.45) is 28.7 Å². The maximum absolute atomic E-state index is 14.4. The maximum atomic E-state index is 14.4. The van der Waals surface area contributed by atoms with Crippen LogP contribution in [0.2, 0.25) is 0 Å². The second kappa shape index (κ2) is 22.2. The highest BCUT2D eigenvalue weighted by Gasteiger charge is 2.57. The number of carbonyl (C=O) groups excluding carboxylic acids is 3. The molecular weight excluding hydrogens is 879 g/mol. The summed E-state index contributed by atoms with van der Waals surface area (Å²) in [5.74, 6) is -1.82. The Kier molecular flexibility index (Phi) is 17.1. The quantitative estimate of drug-likeness (QED) is 0.0912. The summed E-state index contributed by atoms with van der Waals surface area (Å²) in [6, 6.07) is 2.65. The monoisotopic (exact) mass is 952 g/mol. The predicted octanol–water partition coefficient (Wildman–Crippen LogP) is 4.71. The van der Waals surface area contributed by atoms with Gasteiger partial charge in [0.25, 0.3) is 5.95 Å². The second-order valence-corrected chi connectivity index (χ2v) is 19.7. The molecule has 0 radical (unpaired) electrons. The highest BCUT2D eigenvalue weighted by Crippen LogP contribution is 2.44. The number of likely N-dealkylation sites (N-methyl/N-ethyl adjacent to an activating group) is 1. The van der Waals surface area contributed by atoms with Crippen LogP contribution in [-0.2, 0) is 44.5 Å². The zero-order valence-corrected chi connectivity index (χ0v) is 41.7. The van der Waals surface area contributed by atoms with Crippen LogP contribution < -0.4 is 10.6 Å². The Balaban J connectivity index is 1.30. The zero-order chi connectivity index (χ0) is 49.7. The summed E-state index contributed by atoms with van der Waals surface area (Å²) in [6.07, 6.45) is 1.90. The predicted molar refractivity (Wildman–Crippen MR) is 251 cm³/mol. The molecule has 4 fully saturated rings. The molecule has 0 saturated carbocycles. The summed E-state index contributed by atoms with van der Waals surface area (Å²) >= 11 is 0. The van der Waals surface area contributed by atoms with Crippen LogP contribution in [0.25, 0.3) is 5.82 Å². The molecule has 20 nitrogen and oxygen atoms in total. The SMILES string of the molecule is C=C1COC2[C@@H](C)C(=O)O[C@H](CC)[C@@]3(C)OC(=O)NC3[C@@H](C)/C(=C/COC(=O)NCc3ccc(-n4cnc(/N=C/N(C)C)n4)nc3)[C@H](C)C[C@@](C)(OC1)[C@H](OC1O[C@H](C)C[C@H](N(C)C)[C@H]1O)[C@H]2C. The first-order valence-corrected chi connectivity index (χ1v) is 23.6. The summed E-state index contributed by atoms with van der Waals surface area (Å²) in [7, 11) is 7.53. The number of carbonyl (C=O) groups is 3. The third kappa shape index (κ3) is 12.1. The second-order valence-electron chi connectivity index (χ2n) is 19.7. The number of esters is 1. The van der Waals surface area contributed by atoms with Crippen molar-refractivity contribution in [3.8, 4) is 5.82 Å². The lowest BCUT2D eigenvalue weighted by Gasteiger charge is -2.49. The van der Waals surface area contributed by atoms with E-state index < -0.39 is 83.9 Å². The Bertz CT molecular complexity index is 2130. The lowest BCUT2D eigenvalue weighted by Crippen LogP contribution is -2.60. The van der Waals surface area contributed by atoms with Crippen molar-refractivity contribution in [1.29, 1.82) is 0 Å². The molecule has 2 aromatic rings. The molecule has 3 unspecified atom stereocenters. The number of hydrogen-bond donors (Lipinski definition) is 3. The number of ether oxygens (including phenoxy) is 7. The van der Waals surface area contributed by atoms with E-state index in [2.05, 4.69) is 44.2 Å². The van der Waals surface area contributed by atoms with E-state index >= 15 is 0 Å². The number of amides is 2. The van der Waals surface area contributed by atoms with Gasteiger partial charge in [-0.05, 0) is 90.2 Å². The number of nitrogens with one attached hydrogen (secondary N) is 2. The number of alkyl carbamates (subject to hydrolysis) is 2. The number of pyridine rings is 1.